The molecule has 3 nitrogen and oxygen atoms in total. The second-order valence-corrected chi connectivity index (χ2v) is 11.3. The highest BCUT2D eigenvalue weighted by Crippen LogP contribution is 2.22. The average molecular weight is 607 g/mol. The van der Waals surface area contributed by atoms with Crippen LogP contribution in [-0.2, 0) is 19.1 Å². The predicted molar refractivity (Wildman–Crippen MR) is 156 cm³/mol. The third kappa shape index (κ3) is 11.7. The lowest BCUT2D eigenvalue weighted by molar-refractivity contribution is 0.533. The van der Waals surface area contributed by atoms with Crippen LogP contribution in [-0.4, -0.2) is 8.42 Å². The third-order valence-electron chi connectivity index (χ3n) is 6.01. The quantitative estimate of drug-likeness (QED) is 0.136. The van der Waals surface area contributed by atoms with Crippen LogP contribution in [0, 0.1) is 0 Å². The van der Waals surface area contributed by atoms with Crippen molar-refractivity contribution in [1.82, 2.24) is 0 Å². The zero-order valence-corrected chi connectivity index (χ0v) is 23.8. The van der Waals surface area contributed by atoms with E-state index < -0.39 is 10.1 Å². The largest absolute Gasteiger partial charge is 0.306 e. The molecule has 0 fully saturated rings. The Bertz CT molecular complexity index is 1000. The van der Waals surface area contributed by atoms with E-state index in [0.29, 0.717) is 4.90 Å². The lowest BCUT2D eigenvalue weighted by Crippen LogP contribution is -2.04. The Labute approximate surface area is 227 Å². The fourth-order valence-electron chi connectivity index (χ4n) is 4.05. The molecule has 0 radical (unpaired) electrons. The van der Waals surface area contributed by atoms with Gasteiger partial charge in [-0.05, 0) is 35.6 Å². The van der Waals surface area contributed by atoms with Gasteiger partial charge in [0.25, 0.3) is 0 Å². The van der Waals surface area contributed by atoms with Crippen LogP contribution in [0.5, 0.6) is 0 Å². The first kappa shape index (κ1) is 29.5. The third-order valence-corrected chi connectivity index (χ3v) is 8.53. The SMILES string of the molecule is CCCCCCCCCCCCc1ccccc1S(=O)(=O)OI.c1ccc(-c2ccccc2)cc1. The summed E-state index contributed by atoms with van der Waals surface area (Å²) in [6, 6.07) is 27.9. The number of unbranched alkanes of at least 4 members (excludes halogenated alkanes) is 9. The molecule has 0 atom stereocenters. The van der Waals surface area contributed by atoms with E-state index in [9.17, 15) is 8.42 Å². The van der Waals surface area contributed by atoms with Crippen molar-refractivity contribution in [2.45, 2.75) is 82.4 Å². The summed E-state index contributed by atoms with van der Waals surface area (Å²) in [6.07, 6.45) is 13.6. The van der Waals surface area contributed by atoms with Gasteiger partial charge < -0.3 is 0 Å². The molecule has 0 aliphatic carbocycles. The van der Waals surface area contributed by atoms with Crippen molar-refractivity contribution in [3.05, 3.63) is 90.5 Å². The Kier molecular flexibility index (Phi) is 14.9. The minimum Gasteiger partial charge on any atom is -0.195 e. The monoisotopic (exact) mass is 606 g/mol. The maximum Gasteiger partial charge on any atom is 0.306 e. The Morgan fingerprint density at radius 2 is 1.03 bits per heavy atom. The normalized spacial score (nSPS) is 11.0. The first-order valence-electron chi connectivity index (χ1n) is 12.8. The molecule has 5 heteroatoms. The molecule has 3 aromatic rings. The number of benzene rings is 3. The minimum absolute atomic E-state index is 0.310. The predicted octanol–water partition coefficient (Wildman–Crippen LogP) is 9.56. The van der Waals surface area contributed by atoms with Crippen molar-refractivity contribution in [3.8, 4) is 11.1 Å². The van der Waals surface area contributed by atoms with Crippen molar-refractivity contribution in [3.63, 3.8) is 0 Å². The van der Waals surface area contributed by atoms with Gasteiger partial charge in [0, 0.05) is 0 Å². The lowest BCUT2D eigenvalue weighted by atomic mass is 10.0. The van der Waals surface area contributed by atoms with Gasteiger partial charge in [0.15, 0.2) is 0 Å². The highest BCUT2D eigenvalue weighted by Gasteiger charge is 2.17. The van der Waals surface area contributed by atoms with Crippen LogP contribution in [0.3, 0.4) is 0 Å². The molecule has 0 heterocycles. The van der Waals surface area contributed by atoms with E-state index in [-0.39, 0.29) is 0 Å². The molecule has 0 aliphatic heterocycles. The van der Waals surface area contributed by atoms with E-state index in [1.165, 1.54) is 85.5 Å². The van der Waals surface area contributed by atoms with Gasteiger partial charge in [-0.25, -0.2) is 0 Å². The molecule has 0 bridgehead atoms. The van der Waals surface area contributed by atoms with E-state index >= 15 is 0 Å². The van der Waals surface area contributed by atoms with Crippen molar-refractivity contribution < 1.29 is 10.9 Å². The number of hydrogen-bond donors (Lipinski definition) is 0. The summed E-state index contributed by atoms with van der Waals surface area (Å²) in [4.78, 5) is 0.310. The van der Waals surface area contributed by atoms with Crippen LogP contribution in [0.1, 0.15) is 76.7 Å². The van der Waals surface area contributed by atoms with Crippen molar-refractivity contribution in [1.29, 1.82) is 0 Å². The molecule has 35 heavy (non-hydrogen) atoms. The van der Waals surface area contributed by atoms with Gasteiger partial charge in [-0.2, -0.15) is 10.9 Å². The molecular weight excluding hydrogens is 567 g/mol. The second kappa shape index (κ2) is 17.7. The summed E-state index contributed by atoms with van der Waals surface area (Å²) in [6.45, 7) is 2.25. The highest BCUT2D eigenvalue weighted by atomic mass is 127. The maximum absolute atomic E-state index is 11.9. The standard InChI is InChI=1S/C18H29IO3S.C12H10/c1-2-3-4-5-6-7-8-9-10-11-14-17-15-12-13-16-18(17)23(20,21)22-19;1-3-7-11(8-4-1)12-9-5-2-6-10-12/h12-13,15-16H,2-11,14H2,1H3;1-10H. The van der Waals surface area contributed by atoms with Crippen molar-refractivity contribution in [2.75, 3.05) is 0 Å². The number of hydrogen-bond acceptors (Lipinski definition) is 3. The first-order valence-corrected chi connectivity index (χ1v) is 15.1. The summed E-state index contributed by atoms with van der Waals surface area (Å²) in [7, 11) is -3.60. The summed E-state index contributed by atoms with van der Waals surface area (Å²) in [5, 5.41) is 0. The van der Waals surface area contributed by atoms with Gasteiger partial charge in [-0.1, -0.05) is 144 Å². The van der Waals surface area contributed by atoms with Crippen LogP contribution in [0.4, 0.5) is 0 Å². The molecular formula is C30H39IO3S. The van der Waals surface area contributed by atoms with E-state index in [0.717, 1.165) is 24.8 Å². The second-order valence-electron chi connectivity index (χ2n) is 8.79. The highest BCUT2D eigenvalue weighted by molar-refractivity contribution is 14.1. The van der Waals surface area contributed by atoms with Gasteiger partial charge in [0.05, 0.1) is 4.90 Å². The van der Waals surface area contributed by atoms with Crippen LogP contribution in [0.2, 0.25) is 0 Å². The fraction of sp³-hybridized carbons (Fsp3) is 0.400. The Hall–Kier alpha value is -1.70. The zero-order valence-electron chi connectivity index (χ0n) is 20.9. The maximum atomic E-state index is 11.9. The lowest BCUT2D eigenvalue weighted by Gasteiger charge is -2.08. The Balaban J connectivity index is 0.000000298. The van der Waals surface area contributed by atoms with E-state index in [2.05, 4.69) is 58.0 Å². The molecule has 0 amide bonds. The molecule has 190 valence electrons. The number of rotatable bonds is 14. The average Bonchev–Trinajstić information content (AvgIpc) is 2.91. The molecule has 0 saturated carbocycles. The molecule has 0 aliphatic rings. The molecule has 0 spiro atoms. The fourth-order valence-corrected chi connectivity index (χ4v) is 5.44. The summed E-state index contributed by atoms with van der Waals surface area (Å²) in [5.41, 5.74) is 3.42. The van der Waals surface area contributed by atoms with Gasteiger partial charge in [-0.15, -0.1) is 0 Å². The molecule has 0 N–H and O–H groups in total. The molecule has 0 unspecified atom stereocenters. The van der Waals surface area contributed by atoms with Crippen LogP contribution < -0.4 is 0 Å². The van der Waals surface area contributed by atoms with Crippen LogP contribution in [0.15, 0.2) is 89.8 Å². The van der Waals surface area contributed by atoms with Gasteiger partial charge in [-0.3, -0.25) is 0 Å². The number of halogens is 1. The van der Waals surface area contributed by atoms with Crippen molar-refractivity contribution >= 4 is 33.1 Å². The van der Waals surface area contributed by atoms with E-state index in [1.807, 2.05) is 24.3 Å². The van der Waals surface area contributed by atoms with E-state index in [4.69, 9.17) is 0 Å². The summed E-state index contributed by atoms with van der Waals surface area (Å²) >= 11 is 1.43. The zero-order chi connectivity index (χ0) is 25.2. The van der Waals surface area contributed by atoms with Gasteiger partial charge in [0.1, 0.15) is 23.0 Å². The van der Waals surface area contributed by atoms with Crippen LogP contribution >= 0.6 is 23.0 Å². The summed E-state index contributed by atoms with van der Waals surface area (Å²) < 4.78 is 28.4. The Morgan fingerprint density at radius 3 is 1.51 bits per heavy atom. The molecule has 3 rings (SSSR count). The van der Waals surface area contributed by atoms with Crippen LogP contribution in [0.25, 0.3) is 11.1 Å². The molecule has 0 saturated heterocycles. The number of aryl methyl sites for hydroxylation is 1. The minimum atomic E-state index is -3.60. The smallest absolute Gasteiger partial charge is 0.195 e. The Morgan fingerprint density at radius 1 is 0.600 bits per heavy atom. The first-order chi connectivity index (χ1) is 17.1. The topological polar surface area (TPSA) is 43.4 Å². The molecule has 3 aromatic carbocycles. The van der Waals surface area contributed by atoms with Crippen molar-refractivity contribution in [2.24, 2.45) is 0 Å². The van der Waals surface area contributed by atoms with Gasteiger partial charge >= 0.3 is 10.1 Å². The molecule has 0 aromatic heterocycles. The van der Waals surface area contributed by atoms with E-state index in [1.54, 1.807) is 12.1 Å². The van der Waals surface area contributed by atoms with Gasteiger partial charge in [0.2, 0.25) is 0 Å². The summed E-state index contributed by atoms with van der Waals surface area (Å²) in [5.74, 6) is 0.